The van der Waals surface area contributed by atoms with Gasteiger partial charge in [0.25, 0.3) is 0 Å². The number of sulfone groups is 1. The molecule has 76 valence electrons. The van der Waals surface area contributed by atoms with Crippen LogP contribution in [0.4, 0.5) is 0 Å². The van der Waals surface area contributed by atoms with Crippen molar-refractivity contribution in [2.75, 3.05) is 31.6 Å². The summed E-state index contributed by atoms with van der Waals surface area (Å²) < 4.78 is 21.7. The van der Waals surface area contributed by atoms with Crippen LogP contribution in [0.25, 0.3) is 0 Å². The number of carbonyl (C=O) groups is 1. The molecular weight excluding hydrogens is 190 g/mol. The van der Waals surface area contributed by atoms with Crippen LogP contribution in [-0.2, 0) is 14.6 Å². The van der Waals surface area contributed by atoms with Crippen LogP contribution in [0.15, 0.2) is 0 Å². The van der Waals surface area contributed by atoms with Crippen molar-refractivity contribution in [3.05, 3.63) is 0 Å². The number of nitrogens with zero attached hydrogens (tertiary/aromatic N) is 1. The number of hydrogen-bond donors (Lipinski definition) is 0. The summed E-state index contributed by atoms with van der Waals surface area (Å²) >= 11 is 0. The molecule has 0 N–H and O–H groups in total. The molecule has 0 unspecified atom stereocenters. The first kappa shape index (κ1) is 10.7. The number of Topliss-reactive ketones (excluding diaryl/α,β-unsaturated/α-hetero) is 1. The smallest absolute Gasteiger partial charge is 0.148 e. The maximum absolute atomic E-state index is 10.9. The average Bonchev–Trinajstić information content (AvgIpc) is 2.02. The predicted octanol–water partition coefficient (Wildman–Crippen LogP) is -0.304. The van der Waals surface area contributed by atoms with Crippen LogP contribution in [0.2, 0.25) is 0 Å². The van der Waals surface area contributed by atoms with E-state index in [1.165, 1.54) is 6.26 Å². The maximum Gasteiger partial charge on any atom is 0.148 e. The SMILES string of the molecule is CS(=O)(=O)CCN1CCC(=O)CC1. The molecule has 0 aliphatic carbocycles. The standard InChI is InChI=1S/C8H15NO3S/c1-13(11,12)7-6-9-4-2-8(10)3-5-9/h2-7H2,1H3. The van der Waals surface area contributed by atoms with E-state index < -0.39 is 9.84 Å². The molecule has 0 aromatic rings. The van der Waals surface area contributed by atoms with Crippen molar-refractivity contribution in [1.29, 1.82) is 0 Å². The van der Waals surface area contributed by atoms with E-state index in [0.29, 0.717) is 32.5 Å². The fourth-order valence-electron chi connectivity index (χ4n) is 1.32. The van der Waals surface area contributed by atoms with E-state index in [4.69, 9.17) is 0 Å². The van der Waals surface area contributed by atoms with E-state index in [9.17, 15) is 13.2 Å². The van der Waals surface area contributed by atoms with E-state index in [0.717, 1.165) is 0 Å². The summed E-state index contributed by atoms with van der Waals surface area (Å²) in [6.07, 6.45) is 2.38. The second-order valence-electron chi connectivity index (χ2n) is 3.51. The third kappa shape index (κ3) is 4.38. The molecule has 13 heavy (non-hydrogen) atoms. The lowest BCUT2D eigenvalue weighted by Gasteiger charge is -2.25. The minimum atomic E-state index is -2.86. The second-order valence-corrected chi connectivity index (χ2v) is 5.77. The Morgan fingerprint density at radius 3 is 2.31 bits per heavy atom. The average molecular weight is 205 g/mol. The van der Waals surface area contributed by atoms with Gasteiger partial charge in [0.05, 0.1) is 5.75 Å². The molecule has 4 nitrogen and oxygen atoms in total. The third-order valence-electron chi connectivity index (χ3n) is 2.19. The first-order valence-electron chi connectivity index (χ1n) is 4.39. The summed E-state index contributed by atoms with van der Waals surface area (Å²) in [4.78, 5) is 12.9. The molecule has 1 heterocycles. The van der Waals surface area contributed by atoms with Crippen molar-refractivity contribution in [2.45, 2.75) is 12.8 Å². The van der Waals surface area contributed by atoms with Gasteiger partial charge in [-0.2, -0.15) is 0 Å². The number of ketones is 1. The van der Waals surface area contributed by atoms with Crippen molar-refractivity contribution in [3.8, 4) is 0 Å². The highest BCUT2D eigenvalue weighted by molar-refractivity contribution is 7.90. The molecule has 1 aliphatic heterocycles. The Morgan fingerprint density at radius 1 is 1.31 bits per heavy atom. The van der Waals surface area contributed by atoms with Gasteiger partial charge in [0.15, 0.2) is 0 Å². The zero-order valence-corrected chi connectivity index (χ0v) is 8.64. The van der Waals surface area contributed by atoms with E-state index in [2.05, 4.69) is 0 Å². The second kappa shape index (κ2) is 4.19. The van der Waals surface area contributed by atoms with E-state index in [1.54, 1.807) is 0 Å². The number of carbonyl (C=O) groups excluding carboxylic acids is 1. The molecule has 1 fully saturated rings. The lowest BCUT2D eigenvalue weighted by molar-refractivity contribution is -0.121. The number of hydrogen-bond acceptors (Lipinski definition) is 4. The molecule has 0 bridgehead atoms. The van der Waals surface area contributed by atoms with Gasteiger partial charge in [-0.1, -0.05) is 0 Å². The molecule has 0 atom stereocenters. The Balaban J connectivity index is 2.27. The number of rotatable bonds is 3. The summed E-state index contributed by atoms with van der Waals surface area (Å²) in [5, 5.41) is 0. The zero-order valence-electron chi connectivity index (χ0n) is 7.82. The van der Waals surface area contributed by atoms with E-state index in [-0.39, 0.29) is 11.5 Å². The highest BCUT2D eigenvalue weighted by Gasteiger charge is 2.16. The summed E-state index contributed by atoms with van der Waals surface area (Å²) in [7, 11) is -2.86. The van der Waals surface area contributed by atoms with Gasteiger partial charge in [-0.3, -0.25) is 4.79 Å². The van der Waals surface area contributed by atoms with E-state index >= 15 is 0 Å². The summed E-state index contributed by atoms with van der Waals surface area (Å²) in [6, 6.07) is 0. The minimum absolute atomic E-state index is 0.196. The molecule has 0 aromatic carbocycles. The number of piperidine rings is 1. The molecule has 1 rings (SSSR count). The van der Waals surface area contributed by atoms with Gasteiger partial charge in [-0.25, -0.2) is 8.42 Å². The molecule has 1 aliphatic rings. The van der Waals surface area contributed by atoms with Crippen LogP contribution in [0.5, 0.6) is 0 Å². The lowest BCUT2D eigenvalue weighted by Crippen LogP contribution is -2.36. The molecule has 0 saturated carbocycles. The van der Waals surface area contributed by atoms with Crippen LogP contribution in [0, 0.1) is 0 Å². The quantitative estimate of drug-likeness (QED) is 0.634. The Kier molecular flexibility index (Phi) is 3.44. The van der Waals surface area contributed by atoms with Gasteiger partial charge < -0.3 is 4.90 Å². The van der Waals surface area contributed by atoms with Crippen LogP contribution < -0.4 is 0 Å². The van der Waals surface area contributed by atoms with Crippen molar-refractivity contribution < 1.29 is 13.2 Å². The normalized spacial score (nSPS) is 20.5. The van der Waals surface area contributed by atoms with Crippen molar-refractivity contribution in [2.24, 2.45) is 0 Å². The topological polar surface area (TPSA) is 54.5 Å². The molecule has 0 amide bonds. The fourth-order valence-corrected chi connectivity index (χ4v) is 1.91. The van der Waals surface area contributed by atoms with Gasteiger partial charge in [0.2, 0.25) is 0 Å². The molecular formula is C8H15NO3S. The van der Waals surface area contributed by atoms with Gasteiger partial charge in [-0.15, -0.1) is 0 Å². The molecule has 1 saturated heterocycles. The third-order valence-corrected chi connectivity index (χ3v) is 3.12. The van der Waals surface area contributed by atoms with Crippen LogP contribution in [-0.4, -0.2) is 50.7 Å². The van der Waals surface area contributed by atoms with Crippen molar-refractivity contribution >= 4 is 15.6 Å². The fraction of sp³-hybridized carbons (Fsp3) is 0.875. The molecule has 0 aromatic heterocycles. The number of likely N-dealkylation sites (tertiary alicyclic amines) is 1. The van der Waals surface area contributed by atoms with Crippen LogP contribution in [0.3, 0.4) is 0 Å². The molecule has 0 spiro atoms. The van der Waals surface area contributed by atoms with Crippen molar-refractivity contribution in [1.82, 2.24) is 4.90 Å². The molecule has 0 radical (unpaired) electrons. The van der Waals surface area contributed by atoms with Gasteiger partial charge in [0.1, 0.15) is 15.6 Å². The first-order valence-corrected chi connectivity index (χ1v) is 6.45. The Bertz CT molecular complexity index is 274. The van der Waals surface area contributed by atoms with Gasteiger partial charge in [0, 0.05) is 38.7 Å². The summed E-state index contributed by atoms with van der Waals surface area (Å²) in [5.74, 6) is 0.483. The highest BCUT2D eigenvalue weighted by Crippen LogP contribution is 2.05. The maximum atomic E-state index is 10.9. The first-order chi connectivity index (χ1) is 5.97. The summed E-state index contributed by atoms with van der Waals surface area (Å²) in [6.45, 7) is 1.99. The largest absolute Gasteiger partial charge is 0.301 e. The monoisotopic (exact) mass is 205 g/mol. The molecule has 5 heteroatoms. The zero-order chi connectivity index (χ0) is 9.90. The van der Waals surface area contributed by atoms with E-state index in [1.807, 2.05) is 4.90 Å². The predicted molar refractivity (Wildman–Crippen MR) is 50.4 cm³/mol. The van der Waals surface area contributed by atoms with Crippen LogP contribution in [0.1, 0.15) is 12.8 Å². The summed E-state index contributed by atoms with van der Waals surface area (Å²) in [5.41, 5.74) is 0. The van der Waals surface area contributed by atoms with Gasteiger partial charge >= 0.3 is 0 Å². The lowest BCUT2D eigenvalue weighted by atomic mass is 10.1. The Labute approximate surface area is 78.8 Å². The minimum Gasteiger partial charge on any atom is -0.301 e. The Hall–Kier alpha value is -0.420. The van der Waals surface area contributed by atoms with Crippen molar-refractivity contribution in [3.63, 3.8) is 0 Å². The van der Waals surface area contributed by atoms with Crippen LogP contribution >= 0.6 is 0 Å². The Morgan fingerprint density at radius 2 is 1.85 bits per heavy atom. The highest BCUT2D eigenvalue weighted by atomic mass is 32.2. The van der Waals surface area contributed by atoms with Gasteiger partial charge in [-0.05, 0) is 0 Å².